The highest BCUT2D eigenvalue weighted by Crippen LogP contribution is 2.19. The predicted molar refractivity (Wildman–Crippen MR) is 109 cm³/mol. The maximum absolute atomic E-state index is 12.8. The Bertz CT molecular complexity index is 934. The molecule has 1 atom stereocenters. The van der Waals surface area contributed by atoms with Gasteiger partial charge in [0, 0.05) is 19.1 Å². The summed E-state index contributed by atoms with van der Waals surface area (Å²) in [6.07, 6.45) is 5.92. The van der Waals surface area contributed by atoms with Crippen LogP contribution in [0.3, 0.4) is 0 Å². The van der Waals surface area contributed by atoms with Crippen molar-refractivity contribution in [1.29, 1.82) is 0 Å². The van der Waals surface area contributed by atoms with E-state index in [-0.39, 0.29) is 5.56 Å². The van der Waals surface area contributed by atoms with E-state index in [1.807, 2.05) is 0 Å². The summed E-state index contributed by atoms with van der Waals surface area (Å²) in [5.41, 5.74) is 0.839. The molecule has 2 aromatic rings. The fourth-order valence-corrected chi connectivity index (χ4v) is 4.24. The third-order valence-electron chi connectivity index (χ3n) is 5.45. The van der Waals surface area contributed by atoms with Crippen molar-refractivity contribution in [3.63, 3.8) is 0 Å². The van der Waals surface area contributed by atoms with Crippen LogP contribution in [-0.4, -0.2) is 46.7 Å². The van der Waals surface area contributed by atoms with E-state index in [0.29, 0.717) is 33.8 Å². The Kier molecular flexibility index (Phi) is 6.44. The number of rotatable bonds is 6. The molecule has 1 saturated heterocycles. The summed E-state index contributed by atoms with van der Waals surface area (Å²) in [5, 5.41) is 0.528. The molecule has 1 aromatic carbocycles. The van der Waals surface area contributed by atoms with Gasteiger partial charge < -0.3 is 14.6 Å². The van der Waals surface area contributed by atoms with Crippen molar-refractivity contribution < 1.29 is 9.53 Å². The fourth-order valence-electron chi connectivity index (χ4n) is 3.95. The number of aromatic amines is 1. The Morgan fingerprint density at radius 3 is 2.89 bits per heavy atom. The number of hydrogen-bond acceptors (Lipinski definition) is 5. The van der Waals surface area contributed by atoms with E-state index in [0.717, 1.165) is 19.5 Å². The molecule has 27 heavy (non-hydrogen) atoms. The van der Waals surface area contributed by atoms with Gasteiger partial charge in [-0.25, -0.2) is 4.79 Å². The number of carbonyl (C=O) groups is 1. The first-order valence-corrected chi connectivity index (χ1v) is 10.0. The van der Waals surface area contributed by atoms with Gasteiger partial charge in [-0.3, -0.25) is 9.36 Å². The van der Waals surface area contributed by atoms with E-state index in [1.165, 1.54) is 32.8 Å². The van der Waals surface area contributed by atoms with Crippen molar-refractivity contribution in [1.82, 2.24) is 14.5 Å². The smallest absolute Gasteiger partial charge is 0.337 e. The fraction of sp³-hybridized carbons (Fsp3) is 0.550. The molecule has 7 heteroatoms. The van der Waals surface area contributed by atoms with Crippen LogP contribution in [0.25, 0.3) is 10.9 Å². The van der Waals surface area contributed by atoms with Gasteiger partial charge in [0.25, 0.3) is 5.56 Å². The van der Waals surface area contributed by atoms with Crippen LogP contribution in [0.5, 0.6) is 0 Å². The van der Waals surface area contributed by atoms with E-state index < -0.39 is 5.97 Å². The number of aromatic nitrogens is 2. The molecule has 0 aliphatic carbocycles. The second-order valence-corrected chi connectivity index (χ2v) is 7.47. The summed E-state index contributed by atoms with van der Waals surface area (Å²) in [6, 6.07) is 5.54. The van der Waals surface area contributed by atoms with Gasteiger partial charge in [-0.1, -0.05) is 13.3 Å². The predicted octanol–water partition coefficient (Wildman–Crippen LogP) is 3.50. The number of methoxy groups -OCH3 is 1. The van der Waals surface area contributed by atoms with Crippen LogP contribution in [0.4, 0.5) is 0 Å². The van der Waals surface area contributed by atoms with E-state index in [9.17, 15) is 9.59 Å². The molecule has 1 aliphatic rings. The molecule has 0 amide bonds. The molecule has 0 bridgehead atoms. The van der Waals surface area contributed by atoms with Crippen molar-refractivity contribution in [2.24, 2.45) is 0 Å². The number of carbonyl (C=O) groups excluding carboxylic acids is 1. The maximum atomic E-state index is 12.8. The average molecular weight is 390 g/mol. The number of ether oxygens (including phenoxy) is 1. The lowest BCUT2D eigenvalue weighted by atomic mass is 10.00. The molecule has 0 spiro atoms. The van der Waals surface area contributed by atoms with Gasteiger partial charge in [-0.2, -0.15) is 0 Å². The van der Waals surface area contributed by atoms with Gasteiger partial charge in [0.15, 0.2) is 4.77 Å². The first kappa shape index (κ1) is 19.8. The number of nitrogens with one attached hydrogen (secondary N) is 1. The molecular weight excluding hydrogens is 362 g/mol. The number of fused-ring (bicyclic) bond motifs is 1. The van der Waals surface area contributed by atoms with E-state index in [1.54, 1.807) is 22.8 Å². The lowest BCUT2D eigenvalue weighted by molar-refractivity contribution is 0.0601. The standard InChI is InChI=1S/C20H27N3O3S/c1-3-15-7-4-5-10-22(15)11-6-12-23-18(24)16-9-8-14(19(25)26-2)13-17(16)21-20(23)27/h8-9,13,15H,3-7,10-12H2,1-2H3,(H,21,27)/t15-/m0/s1. The average Bonchev–Trinajstić information content (AvgIpc) is 2.69. The molecule has 0 radical (unpaired) electrons. The zero-order chi connectivity index (χ0) is 19.4. The molecule has 1 fully saturated rings. The lowest BCUT2D eigenvalue weighted by Crippen LogP contribution is -2.40. The van der Waals surface area contributed by atoms with Gasteiger partial charge in [0.1, 0.15) is 0 Å². The molecular formula is C20H27N3O3S. The summed E-state index contributed by atoms with van der Waals surface area (Å²) in [6.45, 7) is 4.97. The molecule has 0 saturated carbocycles. The van der Waals surface area contributed by atoms with Crippen LogP contribution >= 0.6 is 12.2 Å². The molecule has 1 aromatic heterocycles. The number of nitrogens with zero attached hydrogens (tertiary/aromatic N) is 2. The van der Waals surface area contributed by atoms with E-state index >= 15 is 0 Å². The Labute approximate surface area is 164 Å². The van der Waals surface area contributed by atoms with Gasteiger partial charge >= 0.3 is 5.97 Å². The number of benzene rings is 1. The highest BCUT2D eigenvalue weighted by molar-refractivity contribution is 7.71. The minimum atomic E-state index is -0.438. The second kappa shape index (κ2) is 8.80. The van der Waals surface area contributed by atoms with Crippen LogP contribution in [0.15, 0.2) is 23.0 Å². The van der Waals surface area contributed by atoms with Gasteiger partial charge in [-0.05, 0) is 62.6 Å². The highest BCUT2D eigenvalue weighted by atomic mass is 32.1. The number of hydrogen-bond donors (Lipinski definition) is 1. The highest BCUT2D eigenvalue weighted by Gasteiger charge is 2.20. The number of H-pyrrole nitrogens is 1. The van der Waals surface area contributed by atoms with Crippen LogP contribution in [0, 0.1) is 4.77 Å². The molecule has 146 valence electrons. The van der Waals surface area contributed by atoms with Crippen molar-refractivity contribution >= 4 is 29.1 Å². The van der Waals surface area contributed by atoms with Crippen LogP contribution in [0.1, 0.15) is 49.4 Å². The summed E-state index contributed by atoms with van der Waals surface area (Å²) < 4.78 is 6.75. The number of esters is 1. The van der Waals surface area contributed by atoms with Gasteiger partial charge in [0.2, 0.25) is 0 Å². The summed E-state index contributed by atoms with van der Waals surface area (Å²) >= 11 is 5.40. The van der Waals surface area contributed by atoms with Crippen LogP contribution in [-0.2, 0) is 11.3 Å². The third kappa shape index (κ3) is 4.30. The van der Waals surface area contributed by atoms with E-state index in [2.05, 4.69) is 16.8 Å². The van der Waals surface area contributed by atoms with Crippen molar-refractivity contribution in [3.8, 4) is 0 Å². The third-order valence-corrected chi connectivity index (χ3v) is 5.77. The maximum Gasteiger partial charge on any atom is 0.337 e. The zero-order valence-corrected chi connectivity index (χ0v) is 16.8. The first-order valence-electron chi connectivity index (χ1n) is 9.64. The van der Waals surface area contributed by atoms with Gasteiger partial charge in [-0.15, -0.1) is 0 Å². The number of piperidine rings is 1. The quantitative estimate of drug-likeness (QED) is 0.605. The Balaban J connectivity index is 1.78. The second-order valence-electron chi connectivity index (χ2n) is 7.09. The van der Waals surface area contributed by atoms with Crippen molar-refractivity contribution in [2.45, 2.75) is 51.6 Å². The summed E-state index contributed by atoms with van der Waals surface area (Å²) in [4.78, 5) is 30.2. The summed E-state index contributed by atoms with van der Waals surface area (Å²) in [7, 11) is 1.33. The Morgan fingerprint density at radius 2 is 2.15 bits per heavy atom. The van der Waals surface area contributed by atoms with Crippen molar-refractivity contribution in [2.75, 3.05) is 20.2 Å². The zero-order valence-electron chi connectivity index (χ0n) is 16.0. The van der Waals surface area contributed by atoms with Gasteiger partial charge in [0.05, 0.1) is 23.6 Å². The molecule has 3 rings (SSSR count). The normalized spacial score (nSPS) is 17.9. The number of likely N-dealkylation sites (tertiary alicyclic amines) is 1. The first-order chi connectivity index (χ1) is 13.0. The molecule has 2 heterocycles. The molecule has 0 unspecified atom stereocenters. The molecule has 6 nitrogen and oxygen atoms in total. The minimum Gasteiger partial charge on any atom is -0.465 e. The minimum absolute atomic E-state index is 0.115. The Hall–Kier alpha value is -1.99. The SMILES string of the molecule is CC[C@H]1CCCCN1CCCn1c(=S)[nH]c2cc(C(=O)OC)ccc2c1=O. The summed E-state index contributed by atoms with van der Waals surface area (Å²) in [5.74, 6) is -0.438. The van der Waals surface area contributed by atoms with Crippen LogP contribution in [0.2, 0.25) is 0 Å². The Morgan fingerprint density at radius 1 is 1.33 bits per heavy atom. The monoisotopic (exact) mass is 389 g/mol. The molecule has 1 aliphatic heterocycles. The van der Waals surface area contributed by atoms with Crippen molar-refractivity contribution in [3.05, 3.63) is 38.9 Å². The topological polar surface area (TPSA) is 67.3 Å². The largest absolute Gasteiger partial charge is 0.465 e. The molecule has 1 N–H and O–H groups in total. The van der Waals surface area contributed by atoms with E-state index in [4.69, 9.17) is 17.0 Å². The lowest BCUT2D eigenvalue weighted by Gasteiger charge is -2.35. The van der Waals surface area contributed by atoms with Crippen LogP contribution < -0.4 is 5.56 Å².